The summed E-state index contributed by atoms with van der Waals surface area (Å²) < 4.78 is 24.6. The predicted octanol–water partition coefficient (Wildman–Crippen LogP) is 1.55. The van der Waals surface area contributed by atoms with Crippen LogP contribution in [0.5, 0.6) is 0 Å². The fourth-order valence-corrected chi connectivity index (χ4v) is 4.09. The summed E-state index contributed by atoms with van der Waals surface area (Å²) in [4.78, 5) is 4.28. The van der Waals surface area contributed by atoms with Crippen LogP contribution in [0.4, 0.5) is 0 Å². The summed E-state index contributed by atoms with van der Waals surface area (Å²) in [6, 6.07) is 0. The van der Waals surface area contributed by atoms with E-state index in [0.717, 1.165) is 17.8 Å². The van der Waals surface area contributed by atoms with Crippen molar-refractivity contribution in [2.45, 2.75) is 32.3 Å². The molecule has 2 unspecified atom stereocenters. The summed E-state index contributed by atoms with van der Waals surface area (Å²) in [6.45, 7) is 3.02. The lowest BCUT2D eigenvalue weighted by Crippen LogP contribution is -2.39. The summed E-state index contributed by atoms with van der Waals surface area (Å²) in [5.41, 5.74) is 0.707. The van der Waals surface area contributed by atoms with Gasteiger partial charge in [-0.1, -0.05) is 0 Å². The van der Waals surface area contributed by atoms with Crippen LogP contribution >= 0.6 is 11.3 Å². The number of thiazole rings is 1. The Bertz CT molecular complexity index is 527. The third-order valence-electron chi connectivity index (χ3n) is 3.49. The number of sulfonamides is 1. The van der Waals surface area contributed by atoms with Crippen LogP contribution in [-0.4, -0.2) is 42.2 Å². The van der Waals surface area contributed by atoms with E-state index in [1.54, 1.807) is 0 Å². The van der Waals surface area contributed by atoms with Gasteiger partial charge in [0.1, 0.15) is 0 Å². The monoisotopic (exact) mass is 304 g/mol. The Morgan fingerprint density at radius 1 is 1.63 bits per heavy atom. The fourth-order valence-electron chi connectivity index (χ4n) is 2.49. The van der Waals surface area contributed by atoms with Gasteiger partial charge in [0.15, 0.2) is 0 Å². The third-order valence-corrected chi connectivity index (χ3v) is 5.55. The molecule has 5 nitrogen and oxygen atoms in total. The van der Waals surface area contributed by atoms with Gasteiger partial charge < -0.3 is 5.11 Å². The van der Waals surface area contributed by atoms with Gasteiger partial charge in [-0.25, -0.2) is 17.7 Å². The normalized spacial score (nSPS) is 23.4. The summed E-state index contributed by atoms with van der Waals surface area (Å²) in [5, 5.41) is 13.0. The number of hydrogen-bond acceptors (Lipinski definition) is 5. The van der Waals surface area contributed by atoms with Crippen LogP contribution in [0.2, 0.25) is 0 Å². The molecule has 0 saturated carbocycles. The van der Waals surface area contributed by atoms with Gasteiger partial charge in [0.25, 0.3) is 0 Å². The van der Waals surface area contributed by atoms with Crippen molar-refractivity contribution in [3.63, 3.8) is 0 Å². The summed E-state index contributed by atoms with van der Waals surface area (Å²) >= 11 is 1.52. The van der Waals surface area contributed by atoms with Gasteiger partial charge in [0.2, 0.25) is 10.0 Å². The number of nitrogens with zero attached hydrogens (tertiary/aromatic N) is 2. The van der Waals surface area contributed by atoms with Crippen LogP contribution in [0.3, 0.4) is 0 Å². The van der Waals surface area contributed by atoms with Crippen molar-refractivity contribution in [1.29, 1.82) is 0 Å². The van der Waals surface area contributed by atoms with E-state index in [1.807, 2.05) is 12.3 Å². The van der Waals surface area contributed by atoms with E-state index >= 15 is 0 Å². The minimum Gasteiger partial charge on any atom is -0.387 e. The Labute approximate surface area is 118 Å². The van der Waals surface area contributed by atoms with Crippen LogP contribution in [0.1, 0.15) is 36.1 Å². The molecule has 0 amide bonds. The zero-order valence-corrected chi connectivity index (χ0v) is 12.9. The fraction of sp³-hybridized carbons (Fsp3) is 0.750. The Morgan fingerprint density at radius 3 is 2.95 bits per heavy atom. The highest BCUT2D eigenvalue weighted by Gasteiger charge is 2.28. The first kappa shape index (κ1) is 14.9. The average molecular weight is 304 g/mol. The molecule has 0 spiro atoms. The number of aryl methyl sites for hydroxylation is 1. The van der Waals surface area contributed by atoms with Crippen molar-refractivity contribution >= 4 is 21.4 Å². The predicted molar refractivity (Wildman–Crippen MR) is 75.6 cm³/mol. The minimum absolute atomic E-state index is 0.209. The number of aliphatic hydroxyl groups excluding tert-OH is 1. The Kier molecular flexibility index (Phi) is 4.60. The molecule has 1 aliphatic rings. The van der Waals surface area contributed by atoms with E-state index in [2.05, 4.69) is 4.98 Å². The molecule has 1 aromatic heterocycles. The molecule has 19 heavy (non-hydrogen) atoms. The Balaban J connectivity index is 1.95. The minimum atomic E-state index is -3.12. The summed E-state index contributed by atoms with van der Waals surface area (Å²) in [6.07, 6.45) is 3.06. The second kappa shape index (κ2) is 5.87. The average Bonchev–Trinajstić information content (AvgIpc) is 2.75. The lowest BCUT2D eigenvalue weighted by molar-refractivity contribution is 0.120. The second-order valence-electron chi connectivity index (χ2n) is 5.17. The van der Waals surface area contributed by atoms with Gasteiger partial charge in [-0.15, -0.1) is 11.3 Å². The maximum atomic E-state index is 11.5. The Morgan fingerprint density at radius 2 is 2.37 bits per heavy atom. The zero-order chi connectivity index (χ0) is 14.0. The molecular weight excluding hydrogens is 284 g/mol. The molecule has 1 aromatic rings. The molecule has 1 fully saturated rings. The molecule has 0 aliphatic carbocycles. The first-order chi connectivity index (χ1) is 8.86. The molecule has 2 rings (SSSR count). The molecule has 7 heteroatoms. The number of rotatable bonds is 4. The van der Waals surface area contributed by atoms with Crippen molar-refractivity contribution < 1.29 is 13.5 Å². The number of aromatic nitrogens is 1. The molecule has 2 atom stereocenters. The first-order valence-electron chi connectivity index (χ1n) is 6.41. The van der Waals surface area contributed by atoms with E-state index in [1.165, 1.54) is 21.9 Å². The van der Waals surface area contributed by atoms with Crippen molar-refractivity contribution in [1.82, 2.24) is 9.29 Å². The van der Waals surface area contributed by atoms with E-state index in [4.69, 9.17) is 0 Å². The molecule has 2 heterocycles. The van der Waals surface area contributed by atoms with Gasteiger partial charge in [-0.3, -0.25) is 0 Å². The SMILES string of the molecule is Cc1nc(C(O)CC2CCCN(S(C)(=O)=O)C2)cs1. The topological polar surface area (TPSA) is 70.5 Å². The van der Waals surface area contributed by atoms with E-state index in [0.29, 0.717) is 25.2 Å². The maximum Gasteiger partial charge on any atom is 0.211 e. The van der Waals surface area contributed by atoms with Crippen LogP contribution in [0, 0.1) is 12.8 Å². The van der Waals surface area contributed by atoms with Crippen LogP contribution in [-0.2, 0) is 10.0 Å². The maximum absolute atomic E-state index is 11.5. The molecule has 1 saturated heterocycles. The Hall–Kier alpha value is -0.500. The molecule has 108 valence electrons. The number of aliphatic hydroxyl groups is 1. The van der Waals surface area contributed by atoms with Crippen LogP contribution in [0.25, 0.3) is 0 Å². The van der Waals surface area contributed by atoms with E-state index < -0.39 is 16.1 Å². The highest BCUT2D eigenvalue weighted by Crippen LogP contribution is 2.28. The van der Waals surface area contributed by atoms with Gasteiger partial charge in [0, 0.05) is 18.5 Å². The van der Waals surface area contributed by atoms with Crippen molar-refractivity contribution in [2.75, 3.05) is 19.3 Å². The molecule has 1 aliphatic heterocycles. The highest BCUT2D eigenvalue weighted by molar-refractivity contribution is 7.88. The zero-order valence-electron chi connectivity index (χ0n) is 11.2. The van der Waals surface area contributed by atoms with Gasteiger partial charge in [-0.2, -0.15) is 0 Å². The quantitative estimate of drug-likeness (QED) is 0.916. The number of piperidine rings is 1. The number of hydrogen-bond donors (Lipinski definition) is 1. The van der Waals surface area contributed by atoms with E-state index in [-0.39, 0.29) is 5.92 Å². The smallest absolute Gasteiger partial charge is 0.211 e. The van der Waals surface area contributed by atoms with Crippen molar-refractivity contribution in [2.24, 2.45) is 5.92 Å². The summed E-state index contributed by atoms with van der Waals surface area (Å²) in [5.74, 6) is 0.209. The highest BCUT2D eigenvalue weighted by atomic mass is 32.2. The summed E-state index contributed by atoms with van der Waals surface area (Å²) in [7, 11) is -3.12. The van der Waals surface area contributed by atoms with Crippen LogP contribution < -0.4 is 0 Å². The largest absolute Gasteiger partial charge is 0.387 e. The first-order valence-corrected chi connectivity index (χ1v) is 9.14. The second-order valence-corrected chi connectivity index (χ2v) is 8.22. The molecule has 0 radical (unpaired) electrons. The van der Waals surface area contributed by atoms with Crippen molar-refractivity contribution in [3.05, 3.63) is 16.1 Å². The molecule has 1 N–H and O–H groups in total. The van der Waals surface area contributed by atoms with Gasteiger partial charge in [-0.05, 0) is 32.1 Å². The van der Waals surface area contributed by atoms with Crippen molar-refractivity contribution in [3.8, 4) is 0 Å². The molecular formula is C12H20N2O3S2. The third kappa shape index (κ3) is 3.98. The lowest BCUT2D eigenvalue weighted by atomic mass is 9.93. The molecule has 0 aromatic carbocycles. The van der Waals surface area contributed by atoms with Crippen LogP contribution in [0.15, 0.2) is 5.38 Å². The van der Waals surface area contributed by atoms with Gasteiger partial charge in [0.05, 0.1) is 23.1 Å². The van der Waals surface area contributed by atoms with E-state index in [9.17, 15) is 13.5 Å². The lowest BCUT2D eigenvalue weighted by Gasteiger charge is -2.31. The molecule has 0 bridgehead atoms. The van der Waals surface area contributed by atoms with Gasteiger partial charge >= 0.3 is 0 Å². The standard InChI is InChI=1S/C12H20N2O3S2/c1-9-13-11(8-18-9)12(15)6-10-4-3-5-14(7-10)19(2,16)17/h8,10,12,15H,3-7H2,1-2H3.